The fraction of sp³-hybridized carbons (Fsp3) is 0.571. The molecule has 1 aliphatic carbocycles. The first-order valence-electron chi connectivity index (χ1n) is 6.63. The van der Waals surface area contributed by atoms with Crippen LogP contribution in [0.15, 0.2) is 18.2 Å². The van der Waals surface area contributed by atoms with E-state index in [0.29, 0.717) is 6.04 Å². The Morgan fingerprint density at radius 1 is 1.06 bits per heavy atom. The molecule has 0 radical (unpaired) electrons. The second kappa shape index (κ2) is 4.77. The molecular formula is C14H19ClN2. The third kappa shape index (κ3) is 2.37. The predicted molar refractivity (Wildman–Crippen MR) is 73.9 cm³/mol. The number of fused-ring (bicyclic) bond motifs is 2. The van der Waals surface area contributed by atoms with Gasteiger partial charge in [0.25, 0.3) is 0 Å². The number of anilines is 2. The minimum atomic E-state index is 0.632. The fourth-order valence-electron chi connectivity index (χ4n) is 3.05. The molecule has 0 aromatic heterocycles. The zero-order chi connectivity index (χ0) is 11.7. The zero-order valence-corrected chi connectivity index (χ0v) is 10.8. The van der Waals surface area contributed by atoms with Crippen molar-refractivity contribution in [3.8, 4) is 0 Å². The molecule has 3 rings (SSSR count). The monoisotopic (exact) mass is 250 g/mol. The second-order valence-electron chi connectivity index (χ2n) is 5.22. The number of rotatable bonds is 0. The average Bonchev–Trinajstić information content (AvgIpc) is 2.62. The molecule has 2 unspecified atom stereocenters. The van der Waals surface area contributed by atoms with Gasteiger partial charge in [-0.1, -0.05) is 30.9 Å². The van der Waals surface area contributed by atoms with Crippen molar-refractivity contribution < 1.29 is 0 Å². The van der Waals surface area contributed by atoms with Crippen LogP contribution in [0.5, 0.6) is 0 Å². The van der Waals surface area contributed by atoms with Crippen molar-refractivity contribution in [3.05, 3.63) is 23.2 Å². The maximum absolute atomic E-state index is 6.04. The molecule has 2 atom stereocenters. The normalized spacial score (nSPS) is 27.8. The molecule has 2 N–H and O–H groups in total. The Morgan fingerprint density at radius 3 is 2.88 bits per heavy atom. The summed E-state index contributed by atoms with van der Waals surface area (Å²) in [6.07, 6.45) is 6.77. The first-order valence-corrected chi connectivity index (χ1v) is 7.01. The molecular weight excluding hydrogens is 232 g/mol. The van der Waals surface area contributed by atoms with Crippen LogP contribution in [0.3, 0.4) is 0 Å². The Bertz CT molecular complexity index is 405. The number of benzene rings is 1. The van der Waals surface area contributed by atoms with Gasteiger partial charge in [0.15, 0.2) is 0 Å². The Balaban J connectivity index is 1.87. The minimum absolute atomic E-state index is 0.632. The van der Waals surface area contributed by atoms with Gasteiger partial charge in [-0.25, -0.2) is 0 Å². The van der Waals surface area contributed by atoms with Crippen LogP contribution in [0, 0.1) is 5.92 Å². The van der Waals surface area contributed by atoms with E-state index >= 15 is 0 Å². The van der Waals surface area contributed by atoms with E-state index in [1.54, 1.807) is 0 Å². The zero-order valence-electron chi connectivity index (χ0n) is 10.0. The van der Waals surface area contributed by atoms with Crippen LogP contribution < -0.4 is 10.6 Å². The predicted octanol–water partition coefficient (Wildman–Crippen LogP) is 4.13. The molecule has 1 aromatic rings. The highest BCUT2D eigenvalue weighted by atomic mass is 35.5. The summed E-state index contributed by atoms with van der Waals surface area (Å²) in [7, 11) is 0. The van der Waals surface area contributed by atoms with E-state index in [-0.39, 0.29) is 0 Å². The van der Waals surface area contributed by atoms with Crippen LogP contribution in [-0.2, 0) is 0 Å². The molecule has 0 saturated heterocycles. The highest BCUT2D eigenvalue weighted by Crippen LogP contribution is 2.34. The van der Waals surface area contributed by atoms with E-state index < -0.39 is 0 Å². The topological polar surface area (TPSA) is 24.1 Å². The number of hydrogen-bond donors (Lipinski definition) is 2. The lowest BCUT2D eigenvalue weighted by Crippen LogP contribution is -2.30. The summed E-state index contributed by atoms with van der Waals surface area (Å²) in [6, 6.07) is 6.71. The molecule has 92 valence electrons. The molecule has 17 heavy (non-hydrogen) atoms. The molecule has 0 spiro atoms. The summed E-state index contributed by atoms with van der Waals surface area (Å²) in [4.78, 5) is 0. The lowest BCUT2D eigenvalue weighted by atomic mass is 9.95. The lowest BCUT2D eigenvalue weighted by molar-refractivity contribution is 0.444. The second-order valence-corrected chi connectivity index (χ2v) is 5.66. The highest BCUT2D eigenvalue weighted by molar-refractivity contribution is 6.31. The van der Waals surface area contributed by atoms with Gasteiger partial charge in [-0.3, -0.25) is 0 Å². The molecule has 1 aromatic carbocycles. The molecule has 3 heteroatoms. The third-order valence-electron chi connectivity index (χ3n) is 4.04. The van der Waals surface area contributed by atoms with E-state index in [2.05, 4.69) is 16.7 Å². The summed E-state index contributed by atoms with van der Waals surface area (Å²) in [5, 5.41) is 8.06. The quantitative estimate of drug-likeness (QED) is 0.724. The van der Waals surface area contributed by atoms with Gasteiger partial charge in [0.1, 0.15) is 0 Å². The van der Waals surface area contributed by atoms with E-state index in [9.17, 15) is 0 Å². The van der Waals surface area contributed by atoms with Gasteiger partial charge in [0, 0.05) is 17.6 Å². The van der Waals surface area contributed by atoms with Crippen molar-refractivity contribution in [1.29, 1.82) is 0 Å². The van der Waals surface area contributed by atoms with Gasteiger partial charge in [-0.05, 0) is 37.0 Å². The van der Waals surface area contributed by atoms with Gasteiger partial charge in [-0.2, -0.15) is 0 Å². The van der Waals surface area contributed by atoms with Crippen LogP contribution in [0.1, 0.15) is 32.1 Å². The van der Waals surface area contributed by atoms with Gasteiger partial charge < -0.3 is 10.6 Å². The number of hydrogen-bond acceptors (Lipinski definition) is 2. The van der Waals surface area contributed by atoms with Crippen molar-refractivity contribution in [2.75, 3.05) is 17.2 Å². The Morgan fingerprint density at radius 2 is 1.94 bits per heavy atom. The Labute approximate surface area is 108 Å². The van der Waals surface area contributed by atoms with Crippen molar-refractivity contribution in [2.24, 2.45) is 5.92 Å². The molecule has 0 bridgehead atoms. The van der Waals surface area contributed by atoms with E-state index in [4.69, 9.17) is 11.6 Å². The van der Waals surface area contributed by atoms with Crippen LogP contribution in [0.25, 0.3) is 0 Å². The van der Waals surface area contributed by atoms with Crippen LogP contribution in [-0.4, -0.2) is 12.6 Å². The molecule has 1 aliphatic heterocycles. The smallest absolute Gasteiger partial charge is 0.0591 e. The summed E-state index contributed by atoms with van der Waals surface area (Å²) in [5.74, 6) is 0.753. The van der Waals surface area contributed by atoms with Crippen LogP contribution in [0.2, 0.25) is 5.02 Å². The Kier molecular flexibility index (Phi) is 3.15. The standard InChI is InChI=1S/C14H19ClN2/c15-11-6-7-13-14(8-11)16-9-10-4-2-1-3-5-12(10)17-13/h6-8,10,12,16-17H,1-5,9H2. The number of halogens is 1. The molecule has 1 saturated carbocycles. The lowest BCUT2D eigenvalue weighted by Gasteiger charge is -2.23. The summed E-state index contributed by atoms with van der Waals surface area (Å²) in [6.45, 7) is 1.07. The van der Waals surface area contributed by atoms with Crippen molar-refractivity contribution in [1.82, 2.24) is 0 Å². The maximum Gasteiger partial charge on any atom is 0.0591 e. The molecule has 2 nitrogen and oxygen atoms in total. The largest absolute Gasteiger partial charge is 0.383 e. The molecule has 1 fully saturated rings. The number of nitrogens with one attached hydrogen (secondary N) is 2. The van der Waals surface area contributed by atoms with Crippen molar-refractivity contribution in [2.45, 2.75) is 38.1 Å². The van der Waals surface area contributed by atoms with Gasteiger partial charge in [-0.15, -0.1) is 0 Å². The van der Waals surface area contributed by atoms with Crippen LogP contribution in [0.4, 0.5) is 11.4 Å². The highest BCUT2D eigenvalue weighted by Gasteiger charge is 2.26. The first kappa shape index (κ1) is 11.2. The van der Waals surface area contributed by atoms with Crippen molar-refractivity contribution in [3.63, 3.8) is 0 Å². The maximum atomic E-state index is 6.04. The summed E-state index contributed by atoms with van der Waals surface area (Å²) >= 11 is 6.04. The van der Waals surface area contributed by atoms with Crippen LogP contribution >= 0.6 is 11.6 Å². The van der Waals surface area contributed by atoms with E-state index in [1.807, 2.05) is 12.1 Å². The summed E-state index contributed by atoms with van der Waals surface area (Å²) < 4.78 is 0. The van der Waals surface area contributed by atoms with Gasteiger partial charge in [0.2, 0.25) is 0 Å². The van der Waals surface area contributed by atoms with Gasteiger partial charge >= 0.3 is 0 Å². The van der Waals surface area contributed by atoms with Gasteiger partial charge in [0.05, 0.1) is 11.4 Å². The SMILES string of the molecule is Clc1ccc2c(c1)NCC1CCCCCC1N2. The molecule has 0 amide bonds. The average molecular weight is 251 g/mol. The molecule has 2 aliphatic rings. The molecule has 1 heterocycles. The van der Waals surface area contributed by atoms with E-state index in [1.165, 1.54) is 37.8 Å². The first-order chi connectivity index (χ1) is 8.33. The van der Waals surface area contributed by atoms with E-state index in [0.717, 1.165) is 23.2 Å². The van der Waals surface area contributed by atoms with Crippen molar-refractivity contribution >= 4 is 23.0 Å². The fourth-order valence-corrected chi connectivity index (χ4v) is 3.22. The third-order valence-corrected chi connectivity index (χ3v) is 4.27. The minimum Gasteiger partial charge on any atom is -0.383 e. The summed E-state index contributed by atoms with van der Waals surface area (Å²) in [5.41, 5.74) is 2.37. The Hall–Kier alpha value is -0.890.